The van der Waals surface area contributed by atoms with Crippen LogP contribution in [0.2, 0.25) is 5.02 Å². The molecule has 0 radical (unpaired) electrons. The minimum Gasteiger partial charge on any atom is -0.455 e. The van der Waals surface area contributed by atoms with Gasteiger partial charge < -0.3 is 15.4 Å². The van der Waals surface area contributed by atoms with Gasteiger partial charge in [0.05, 0.1) is 13.0 Å². The zero-order valence-corrected chi connectivity index (χ0v) is 18.7. The lowest BCUT2D eigenvalue weighted by molar-refractivity contribution is -0.147. The fourth-order valence-corrected chi connectivity index (χ4v) is 3.49. The molecule has 0 unspecified atom stereocenters. The molecule has 0 saturated carbocycles. The van der Waals surface area contributed by atoms with Gasteiger partial charge in [0.25, 0.3) is 11.5 Å². The standard InChI is InChI=1S/C23H23ClN4O5/c1-2-27(18(29)14-33-19(30)12-16-10-6-7-11-17(16)24)20-21(25)28(23(32)26-22(20)31)13-15-8-4-3-5-9-15/h3-11H,2,12-14,25H2,1H3,(H,26,31,32). The number of carbonyl (C=O) groups excluding carboxylic acids is 2. The van der Waals surface area contributed by atoms with E-state index in [1.54, 1.807) is 43.3 Å². The van der Waals surface area contributed by atoms with E-state index in [-0.39, 0.29) is 31.0 Å². The maximum Gasteiger partial charge on any atom is 0.330 e. The van der Waals surface area contributed by atoms with Crippen LogP contribution < -0.4 is 21.9 Å². The van der Waals surface area contributed by atoms with E-state index in [2.05, 4.69) is 4.98 Å². The number of hydrogen-bond donors (Lipinski definition) is 2. The number of anilines is 2. The average Bonchev–Trinajstić information content (AvgIpc) is 2.80. The first-order valence-corrected chi connectivity index (χ1v) is 10.6. The third kappa shape index (κ3) is 5.69. The highest BCUT2D eigenvalue weighted by Crippen LogP contribution is 2.19. The number of aromatic nitrogens is 2. The van der Waals surface area contributed by atoms with Crippen LogP contribution in [0.1, 0.15) is 18.1 Å². The van der Waals surface area contributed by atoms with E-state index >= 15 is 0 Å². The molecule has 1 heterocycles. The van der Waals surface area contributed by atoms with Crippen molar-refractivity contribution in [2.45, 2.75) is 19.9 Å². The first-order valence-electron chi connectivity index (χ1n) is 10.2. The number of nitrogens with zero attached hydrogens (tertiary/aromatic N) is 2. The Morgan fingerprint density at radius 3 is 2.42 bits per heavy atom. The van der Waals surface area contributed by atoms with Crippen molar-refractivity contribution in [3.8, 4) is 0 Å². The SMILES string of the molecule is CCN(C(=O)COC(=O)Cc1ccccc1Cl)c1c(N)n(Cc2ccccc2)c(=O)[nH]c1=O. The van der Waals surface area contributed by atoms with Crippen molar-refractivity contribution >= 4 is 35.0 Å². The molecule has 0 aliphatic rings. The molecule has 0 aliphatic heterocycles. The van der Waals surface area contributed by atoms with Crippen molar-refractivity contribution in [2.24, 2.45) is 0 Å². The molecule has 2 aromatic carbocycles. The molecule has 0 spiro atoms. The summed E-state index contributed by atoms with van der Waals surface area (Å²) in [6.45, 7) is 1.20. The van der Waals surface area contributed by atoms with Crippen molar-refractivity contribution in [3.63, 3.8) is 0 Å². The number of nitrogen functional groups attached to an aromatic ring is 1. The molecule has 1 aromatic heterocycles. The van der Waals surface area contributed by atoms with Crippen LogP contribution in [0.3, 0.4) is 0 Å². The van der Waals surface area contributed by atoms with Gasteiger partial charge in [0, 0.05) is 11.6 Å². The van der Waals surface area contributed by atoms with Crippen LogP contribution in [0.4, 0.5) is 11.5 Å². The summed E-state index contributed by atoms with van der Waals surface area (Å²) in [6, 6.07) is 15.8. The topological polar surface area (TPSA) is 127 Å². The molecular weight excluding hydrogens is 448 g/mol. The smallest absolute Gasteiger partial charge is 0.330 e. The number of hydrogen-bond acceptors (Lipinski definition) is 6. The number of benzene rings is 2. The molecule has 0 aliphatic carbocycles. The Morgan fingerprint density at radius 2 is 1.76 bits per heavy atom. The van der Waals surface area contributed by atoms with Crippen molar-refractivity contribution < 1.29 is 14.3 Å². The van der Waals surface area contributed by atoms with Crippen LogP contribution in [-0.4, -0.2) is 34.6 Å². The second-order valence-corrected chi connectivity index (χ2v) is 7.54. The van der Waals surface area contributed by atoms with E-state index in [1.165, 1.54) is 4.57 Å². The lowest BCUT2D eigenvalue weighted by atomic mass is 10.1. The number of rotatable bonds is 8. The minimum absolute atomic E-state index is 0.0672. The summed E-state index contributed by atoms with van der Waals surface area (Å²) < 4.78 is 6.26. The Bertz CT molecular complexity index is 1270. The summed E-state index contributed by atoms with van der Waals surface area (Å²) >= 11 is 6.04. The van der Waals surface area contributed by atoms with E-state index in [0.717, 1.165) is 10.5 Å². The van der Waals surface area contributed by atoms with Gasteiger partial charge in [-0.25, -0.2) is 4.79 Å². The molecule has 3 aromatic rings. The zero-order chi connectivity index (χ0) is 24.0. The number of aromatic amines is 1. The summed E-state index contributed by atoms with van der Waals surface area (Å²) in [4.78, 5) is 53.1. The fourth-order valence-electron chi connectivity index (χ4n) is 3.29. The Labute approximate surface area is 194 Å². The van der Waals surface area contributed by atoms with Crippen molar-refractivity contribution in [2.75, 3.05) is 23.8 Å². The quantitative estimate of drug-likeness (QED) is 0.484. The summed E-state index contributed by atoms with van der Waals surface area (Å²) in [7, 11) is 0. The summed E-state index contributed by atoms with van der Waals surface area (Å²) in [5.41, 5.74) is 5.82. The van der Waals surface area contributed by atoms with Gasteiger partial charge in [0.1, 0.15) is 5.82 Å². The molecule has 3 rings (SSSR count). The lowest BCUT2D eigenvalue weighted by Crippen LogP contribution is -2.42. The highest BCUT2D eigenvalue weighted by molar-refractivity contribution is 6.31. The van der Waals surface area contributed by atoms with Gasteiger partial charge in [-0.3, -0.25) is 23.9 Å². The number of H-pyrrole nitrogens is 1. The van der Waals surface area contributed by atoms with Crippen LogP contribution in [0.5, 0.6) is 0 Å². The Balaban J connectivity index is 1.79. The fraction of sp³-hybridized carbons (Fsp3) is 0.217. The summed E-state index contributed by atoms with van der Waals surface area (Å²) in [5.74, 6) is -1.47. The molecule has 9 nitrogen and oxygen atoms in total. The van der Waals surface area contributed by atoms with E-state index in [9.17, 15) is 19.2 Å². The molecule has 172 valence electrons. The highest BCUT2D eigenvalue weighted by atomic mass is 35.5. The van der Waals surface area contributed by atoms with Gasteiger partial charge in [-0.05, 0) is 24.1 Å². The van der Waals surface area contributed by atoms with Gasteiger partial charge in [-0.1, -0.05) is 60.1 Å². The molecular formula is C23H23ClN4O5. The second-order valence-electron chi connectivity index (χ2n) is 7.13. The second kappa shape index (κ2) is 10.6. The maximum absolute atomic E-state index is 12.8. The van der Waals surface area contributed by atoms with Crippen LogP contribution in [0, 0.1) is 0 Å². The first-order chi connectivity index (χ1) is 15.8. The van der Waals surface area contributed by atoms with E-state index in [4.69, 9.17) is 22.1 Å². The largest absolute Gasteiger partial charge is 0.455 e. The van der Waals surface area contributed by atoms with Crippen molar-refractivity contribution in [1.29, 1.82) is 0 Å². The molecule has 0 saturated heterocycles. The number of nitrogens with two attached hydrogens (primary N) is 1. The number of nitrogens with one attached hydrogen (secondary N) is 1. The maximum atomic E-state index is 12.8. The molecule has 0 atom stereocenters. The van der Waals surface area contributed by atoms with Gasteiger partial charge in [0.2, 0.25) is 0 Å². The Kier molecular flexibility index (Phi) is 7.68. The number of likely N-dealkylation sites (N-methyl/N-ethyl adjacent to an activating group) is 1. The Morgan fingerprint density at radius 1 is 1.09 bits per heavy atom. The van der Waals surface area contributed by atoms with E-state index < -0.39 is 29.7 Å². The number of halogens is 1. The van der Waals surface area contributed by atoms with Crippen LogP contribution in [-0.2, 0) is 27.3 Å². The minimum atomic E-state index is -0.806. The van der Waals surface area contributed by atoms with Crippen LogP contribution >= 0.6 is 11.6 Å². The summed E-state index contributed by atoms with van der Waals surface area (Å²) in [5, 5.41) is 0.413. The number of amides is 1. The third-order valence-corrected chi connectivity index (χ3v) is 5.30. The zero-order valence-electron chi connectivity index (χ0n) is 17.9. The molecule has 3 N–H and O–H groups in total. The number of ether oxygens (including phenoxy) is 1. The van der Waals surface area contributed by atoms with E-state index in [1.807, 2.05) is 18.2 Å². The van der Waals surface area contributed by atoms with Gasteiger partial charge in [0.15, 0.2) is 12.3 Å². The van der Waals surface area contributed by atoms with Crippen molar-refractivity contribution in [3.05, 3.63) is 91.6 Å². The molecule has 10 heteroatoms. The average molecular weight is 471 g/mol. The van der Waals surface area contributed by atoms with E-state index in [0.29, 0.717) is 10.6 Å². The molecule has 0 bridgehead atoms. The van der Waals surface area contributed by atoms with Gasteiger partial charge >= 0.3 is 11.7 Å². The van der Waals surface area contributed by atoms with Gasteiger partial charge in [-0.2, -0.15) is 0 Å². The van der Waals surface area contributed by atoms with Crippen molar-refractivity contribution in [1.82, 2.24) is 9.55 Å². The number of carbonyl (C=O) groups is 2. The lowest BCUT2D eigenvalue weighted by Gasteiger charge is -2.23. The molecule has 33 heavy (non-hydrogen) atoms. The number of esters is 1. The Hall–Kier alpha value is -3.85. The van der Waals surface area contributed by atoms with Gasteiger partial charge in [-0.15, -0.1) is 0 Å². The molecule has 0 fully saturated rings. The normalized spacial score (nSPS) is 10.6. The third-order valence-electron chi connectivity index (χ3n) is 4.93. The van der Waals surface area contributed by atoms with Crippen LogP contribution in [0.15, 0.2) is 64.2 Å². The summed E-state index contributed by atoms with van der Waals surface area (Å²) in [6.07, 6.45) is -0.107. The van der Waals surface area contributed by atoms with Crippen LogP contribution in [0.25, 0.3) is 0 Å². The monoisotopic (exact) mass is 470 g/mol. The highest BCUT2D eigenvalue weighted by Gasteiger charge is 2.24. The predicted octanol–water partition coefficient (Wildman–Crippen LogP) is 1.96. The molecule has 1 amide bonds. The predicted molar refractivity (Wildman–Crippen MR) is 125 cm³/mol. The first kappa shape index (κ1) is 23.8.